The maximum atomic E-state index is 11.1. The highest BCUT2D eigenvalue weighted by atomic mass is 16.5. The second-order valence-electron chi connectivity index (χ2n) is 12.8. The number of ether oxygens (including phenoxy) is 2. The zero-order valence-corrected chi connectivity index (χ0v) is 24.7. The Balaban J connectivity index is 2.10. The van der Waals surface area contributed by atoms with Crippen molar-refractivity contribution in [3.63, 3.8) is 0 Å². The molecule has 1 unspecified atom stereocenters. The van der Waals surface area contributed by atoms with Gasteiger partial charge in [-0.05, 0) is 106 Å². The number of hydrogen-bond acceptors (Lipinski definition) is 4. The molecule has 3 rings (SSSR count). The first-order valence-corrected chi connectivity index (χ1v) is 14.3. The van der Waals surface area contributed by atoms with Crippen molar-refractivity contribution in [1.82, 2.24) is 0 Å². The van der Waals surface area contributed by atoms with Gasteiger partial charge in [0.2, 0.25) is 0 Å². The van der Waals surface area contributed by atoms with E-state index in [4.69, 9.17) is 9.47 Å². The average Bonchev–Trinajstić information content (AvgIpc) is 2.85. The average molecular weight is 511 g/mol. The molecule has 1 aliphatic rings. The maximum absolute atomic E-state index is 11.1. The zero-order valence-electron chi connectivity index (χ0n) is 24.7. The van der Waals surface area contributed by atoms with Crippen molar-refractivity contribution in [2.75, 3.05) is 0 Å². The smallest absolute Gasteiger partial charge is 0.161 e. The van der Waals surface area contributed by atoms with Crippen LogP contribution in [-0.4, -0.2) is 21.4 Å². The van der Waals surface area contributed by atoms with Gasteiger partial charge in [-0.1, -0.05) is 60.6 Å². The summed E-state index contributed by atoms with van der Waals surface area (Å²) in [4.78, 5) is 0. The van der Waals surface area contributed by atoms with E-state index < -0.39 is 0 Å². The van der Waals surface area contributed by atoms with Crippen LogP contribution in [0.2, 0.25) is 0 Å². The molecular formula is C33H50O4. The molecule has 0 heterocycles. The second-order valence-corrected chi connectivity index (χ2v) is 12.8. The Bertz CT molecular complexity index is 992. The standard InChI is InChI=1S/C33H50O4/c1-10-31(8,11-2)36-28-16-14-24(18-26(28)34)33(21-23(5)20-30(6,7)22-33)25-15-17-29(27(35)19-25)37-32(9,12-3)13-4/h14-19,23,34-35H,10-13,20-22H2,1-9H3. The van der Waals surface area contributed by atoms with E-state index in [-0.39, 0.29) is 33.5 Å². The van der Waals surface area contributed by atoms with Crippen molar-refractivity contribution in [1.29, 1.82) is 0 Å². The van der Waals surface area contributed by atoms with Crippen molar-refractivity contribution >= 4 is 0 Å². The summed E-state index contributed by atoms with van der Waals surface area (Å²) >= 11 is 0. The van der Waals surface area contributed by atoms with Crippen molar-refractivity contribution in [3.8, 4) is 23.0 Å². The Morgan fingerprint density at radius 1 is 0.757 bits per heavy atom. The first kappa shape index (κ1) is 29.2. The van der Waals surface area contributed by atoms with Gasteiger partial charge in [-0.15, -0.1) is 0 Å². The SMILES string of the molecule is CCC(C)(CC)Oc1ccc(C2(c3ccc(OC(C)(CC)CC)c(O)c3)CC(C)CC(C)(C)C2)cc1O. The molecule has 1 aliphatic carbocycles. The van der Waals surface area contributed by atoms with E-state index in [2.05, 4.69) is 74.4 Å². The number of phenols is 2. The fourth-order valence-corrected chi connectivity index (χ4v) is 6.30. The number of rotatable bonds is 10. The van der Waals surface area contributed by atoms with Crippen LogP contribution in [0, 0.1) is 11.3 Å². The topological polar surface area (TPSA) is 58.9 Å². The highest BCUT2D eigenvalue weighted by Gasteiger charge is 2.46. The van der Waals surface area contributed by atoms with E-state index in [0.29, 0.717) is 17.4 Å². The monoisotopic (exact) mass is 510 g/mol. The lowest BCUT2D eigenvalue weighted by molar-refractivity contribution is 0.0765. The van der Waals surface area contributed by atoms with Crippen molar-refractivity contribution in [2.45, 2.75) is 124 Å². The third kappa shape index (κ3) is 6.21. The van der Waals surface area contributed by atoms with Crippen LogP contribution in [0.4, 0.5) is 0 Å². The summed E-state index contributed by atoms with van der Waals surface area (Å²) in [5, 5.41) is 22.2. The van der Waals surface area contributed by atoms with Gasteiger partial charge in [0.25, 0.3) is 0 Å². The van der Waals surface area contributed by atoms with Crippen LogP contribution < -0.4 is 9.47 Å². The van der Waals surface area contributed by atoms with Gasteiger partial charge in [0.15, 0.2) is 23.0 Å². The molecule has 0 spiro atoms. The van der Waals surface area contributed by atoms with E-state index in [9.17, 15) is 10.2 Å². The summed E-state index contributed by atoms with van der Waals surface area (Å²) < 4.78 is 12.5. The van der Waals surface area contributed by atoms with Crippen LogP contribution in [0.3, 0.4) is 0 Å². The minimum absolute atomic E-state index is 0.110. The predicted octanol–water partition coefficient (Wildman–Crippen LogP) is 9.15. The Morgan fingerprint density at radius 3 is 1.49 bits per heavy atom. The van der Waals surface area contributed by atoms with Gasteiger partial charge in [-0.2, -0.15) is 0 Å². The van der Waals surface area contributed by atoms with Crippen LogP contribution in [0.15, 0.2) is 36.4 Å². The van der Waals surface area contributed by atoms with E-state index in [1.54, 1.807) is 0 Å². The third-order valence-corrected chi connectivity index (χ3v) is 9.11. The molecule has 0 bridgehead atoms. The molecule has 0 saturated heterocycles. The lowest BCUT2D eigenvalue weighted by Crippen LogP contribution is -2.41. The van der Waals surface area contributed by atoms with Gasteiger partial charge < -0.3 is 19.7 Å². The number of benzene rings is 2. The van der Waals surface area contributed by atoms with E-state index in [0.717, 1.165) is 56.1 Å². The van der Waals surface area contributed by atoms with Crippen LogP contribution >= 0.6 is 0 Å². The maximum Gasteiger partial charge on any atom is 0.161 e. The van der Waals surface area contributed by atoms with Crippen molar-refractivity contribution < 1.29 is 19.7 Å². The van der Waals surface area contributed by atoms with Crippen molar-refractivity contribution in [2.24, 2.45) is 11.3 Å². The first-order valence-electron chi connectivity index (χ1n) is 14.3. The van der Waals surface area contributed by atoms with Gasteiger partial charge >= 0.3 is 0 Å². The highest BCUT2D eigenvalue weighted by Crippen LogP contribution is 2.55. The normalized spacial score (nSPS) is 19.4. The second kappa shape index (κ2) is 10.8. The molecule has 4 heteroatoms. The Labute approximate surface area is 225 Å². The zero-order chi connectivity index (χ0) is 27.6. The largest absolute Gasteiger partial charge is 0.504 e. The molecule has 1 atom stereocenters. The third-order valence-electron chi connectivity index (χ3n) is 9.11. The summed E-state index contributed by atoms with van der Waals surface area (Å²) in [5.41, 5.74) is 1.26. The quantitative estimate of drug-likeness (QED) is 0.334. The molecule has 2 N–H and O–H groups in total. The molecule has 0 radical (unpaired) electrons. The Hall–Kier alpha value is -2.36. The molecule has 2 aromatic rings. The number of hydrogen-bond donors (Lipinski definition) is 2. The molecule has 4 nitrogen and oxygen atoms in total. The summed E-state index contributed by atoms with van der Waals surface area (Å²) in [5.74, 6) is 1.89. The molecule has 2 aromatic carbocycles. The number of aromatic hydroxyl groups is 2. The molecule has 0 aliphatic heterocycles. The van der Waals surface area contributed by atoms with Crippen LogP contribution in [-0.2, 0) is 5.41 Å². The summed E-state index contributed by atoms with van der Waals surface area (Å²) in [6.07, 6.45) is 6.47. The van der Waals surface area contributed by atoms with Gasteiger partial charge in [0.05, 0.1) is 0 Å². The molecule has 0 amide bonds. The first-order chi connectivity index (χ1) is 17.2. The molecule has 1 fully saturated rings. The minimum Gasteiger partial charge on any atom is -0.504 e. The van der Waals surface area contributed by atoms with Crippen LogP contribution in [0.5, 0.6) is 23.0 Å². The van der Waals surface area contributed by atoms with E-state index in [1.807, 2.05) is 24.3 Å². The van der Waals surface area contributed by atoms with E-state index >= 15 is 0 Å². The Morgan fingerprint density at radius 2 is 1.16 bits per heavy atom. The van der Waals surface area contributed by atoms with Crippen LogP contribution in [0.25, 0.3) is 0 Å². The van der Waals surface area contributed by atoms with Gasteiger partial charge in [-0.3, -0.25) is 0 Å². The summed E-state index contributed by atoms with van der Waals surface area (Å²) in [6.45, 7) is 19.6. The lowest BCUT2D eigenvalue weighted by atomic mass is 9.55. The highest BCUT2D eigenvalue weighted by molar-refractivity contribution is 5.52. The fraction of sp³-hybridized carbons (Fsp3) is 0.636. The minimum atomic E-state index is -0.342. The molecular weight excluding hydrogens is 460 g/mol. The number of phenolic OH excluding ortho intramolecular Hbond substituents is 2. The molecule has 1 saturated carbocycles. The van der Waals surface area contributed by atoms with Crippen LogP contribution in [0.1, 0.15) is 118 Å². The molecule has 0 aromatic heterocycles. The van der Waals surface area contributed by atoms with E-state index in [1.165, 1.54) is 0 Å². The molecule has 206 valence electrons. The summed E-state index contributed by atoms with van der Waals surface area (Å²) in [7, 11) is 0. The lowest BCUT2D eigenvalue weighted by Gasteiger charge is -2.49. The molecule has 37 heavy (non-hydrogen) atoms. The fourth-order valence-electron chi connectivity index (χ4n) is 6.30. The van der Waals surface area contributed by atoms with Gasteiger partial charge in [0, 0.05) is 5.41 Å². The van der Waals surface area contributed by atoms with Crippen molar-refractivity contribution in [3.05, 3.63) is 47.5 Å². The van der Waals surface area contributed by atoms with Gasteiger partial charge in [0.1, 0.15) is 11.2 Å². The Kier molecular flexibility index (Phi) is 8.51. The van der Waals surface area contributed by atoms with Gasteiger partial charge in [-0.25, -0.2) is 0 Å². The predicted molar refractivity (Wildman–Crippen MR) is 153 cm³/mol. The summed E-state index contributed by atoms with van der Waals surface area (Å²) in [6, 6.07) is 11.9.